The van der Waals surface area contributed by atoms with E-state index in [-0.39, 0.29) is 5.76 Å². The zero-order valence-electron chi connectivity index (χ0n) is 12.4. The van der Waals surface area contributed by atoms with Crippen LogP contribution in [0, 0.1) is 16.7 Å². The van der Waals surface area contributed by atoms with Crippen molar-refractivity contribution in [2.24, 2.45) is 16.7 Å². The van der Waals surface area contributed by atoms with Gasteiger partial charge in [-0.25, -0.2) is 4.79 Å². The number of furan rings is 1. The molecule has 4 nitrogen and oxygen atoms in total. The summed E-state index contributed by atoms with van der Waals surface area (Å²) in [5.41, 5.74) is 0.778. The molecule has 1 fully saturated rings. The normalized spacial score (nSPS) is 20.3. The summed E-state index contributed by atoms with van der Waals surface area (Å²) >= 11 is 0. The van der Waals surface area contributed by atoms with E-state index >= 15 is 0 Å². The zero-order valence-corrected chi connectivity index (χ0v) is 12.4. The lowest BCUT2D eigenvalue weighted by Gasteiger charge is -2.04. The molecule has 0 aliphatic heterocycles. The monoisotopic (exact) mass is 265 g/mol. The molecule has 106 valence electrons. The Morgan fingerprint density at radius 2 is 1.95 bits per heavy atom. The molecular formula is C15H23NO3. The fourth-order valence-electron chi connectivity index (χ4n) is 2.87. The molecule has 1 aliphatic carbocycles. The predicted octanol–water partition coefficient (Wildman–Crippen LogP) is 2.84. The first-order valence-electron chi connectivity index (χ1n) is 6.68. The highest BCUT2D eigenvalue weighted by Crippen LogP contribution is 2.67. The van der Waals surface area contributed by atoms with Gasteiger partial charge in [0.15, 0.2) is 0 Å². The Balaban J connectivity index is 1.81. The van der Waals surface area contributed by atoms with E-state index in [1.165, 1.54) is 7.11 Å². The highest BCUT2D eigenvalue weighted by atomic mass is 16.5. The second kappa shape index (κ2) is 4.67. The Labute approximate surface area is 114 Å². The van der Waals surface area contributed by atoms with Gasteiger partial charge >= 0.3 is 5.97 Å². The standard InChI is InChI=1S/C15H23NO3/c1-14(2)12(15(14,3)4)9-16-8-10-6-7-11(19-10)13(17)18-5/h6-7,12,16H,8-9H2,1-5H3. The van der Waals surface area contributed by atoms with Crippen LogP contribution in [-0.2, 0) is 11.3 Å². The van der Waals surface area contributed by atoms with Crippen LogP contribution in [0.25, 0.3) is 0 Å². The molecule has 0 unspecified atom stereocenters. The van der Waals surface area contributed by atoms with Crippen molar-refractivity contribution in [3.05, 3.63) is 23.7 Å². The van der Waals surface area contributed by atoms with Crippen molar-refractivity contribution in [2.45, 2.75) is 34.2 Å². The van der Waals surface area contributed by atoms with Crippen LogP contribution >= 0.6 is 0 Å². The summed E-state index contributed by atoms with van der Waals surface area (Å²) in [7, 11) is 1.35. The molecule has 0 spiro atoms. The number of carbonyl (C=O) groups excluding carboxylic acids is 1. The van der Waals surface area contributed by atoms with E-state index < -0.39 is 5.97 Å². The minimum Gasteiger partial charge on any atom is -0.463 e. The van der Waals surface area contributed by atoms with E-state index in [1.807, 2.05) is 6.07 Å². The van der Waals surface area contributed by atoms with Gasteiger partial charge in [0.2, 0.25) is 5.76 Å². The number of carbonyl (C=O) groups is 1. The van der Waals surface area contributed by atoms with E-state index in [9.17, 15) is 4.79 Å². The maximum Gasteiger partial charge on any atom is 0.373 e. The van der Waals surface area contributed by atoms with Crippen molar-refractivity contribution < 1.29 is 13.9 Å². The molecular weight excluding hydrogens is 242 g/mol. The van der Waals surface area contributed by atoms with Crippen molar-refractivity contribution in [3.63, 3.8) is 0 Å². The van der Waals surface area contributed by atoms with Crippen molar-refractivity contribution in [3.8, 4) is 0 Å². The number of methoxy groups -OCH3 is 1. The molecule has 1 aromatic rings. The van der Waals surface area contributed by atoms with Crippen LogP contribution in [0.4, 0.5) is 0 Å². The van der Waals surface area contributed by atoms with Crippen LogP contribution in [0.3, 0.4) is 0 Å². The summed E-state index contributed by atoms with van der Waals surface area (Å²) < 4.78 is 10.0. The van der Waals surface area contributed by atoms with Gasteiger partial charge in [0.25, 0.3) is 0 Å². The molecule has 0 radical (unpaired) electrons. The number of rotatable bonds is 5. The first-order chi connectivity index (χ1) is 8.80. The van der Waals surface area contributed by atoms with Gasteiger partial charge in [-0.3, -0.25) is 0 Å². The van der Waals surface area contributed by atoms with E-state index in [4.69, 9.17) is 4.42 Å². The van der Waals surface area contributed by atoms with Gasteiger partial charge < -0.3 is 14.5 Å². The molecule has 1 aromatic heterocycles. The zero-order chi connectivity index (χ0) is 14.3. The quantitative estimate of drug-likeness (QED) is 0.832. The van der Waals surface area contributed by atoms with Gasteiger partial charge in [-0.05, 0) is 35.4 Å². The molecule has 19 heavy (non-hydrogen) atoms. The highest BCUT2D eigenvalue weighted by molar-refractivity contribution is 5.86. The molecule has 0 atom stereocenters. The molecule has 0 amide bonds. The van der Waals surface area contributed by atoms with Crippen LogP contribution < -0.4 is 5.32 Å². The van der Waals surface area contributed by atoms with Gasteiger partial charge in [-0.2, -0.15) is 0 Å². The number of nitrogens with one attached hydrogen (secondary N) is 1. The average molecular weight is 265 g/mol. The minimum absolute atomic E-state index is 0.256. The van der Waals surface area contributed by atoms with Gasteiger partial charge in [0, 0.05) is 0 Å². The van der Waals surface area contributed by atoms with Crippen LogP contribution in [0.15, 0.2) is 16.5 Å². The van der Waals surface area contributed by atoms with Gasteiger partial charge in [0.05, 0.1) is 13.7 Å². The van der Waals surface area contributed by atoms with Crippen molar-refractivity contribution in [2.75, 3.05) is 13.7 Å². The Bertz CT molecular complexity index is 459. The third kappa shape index (κ3) is 2.41. The van der Waals surface area contributed by atoms with E-state index in [1.54, 1.807) is 6.07 Å². The Kier molecular flexibility index (Phi) is 3.47. The van der Waals surface area contributed by atoms with Crippen LogP contribution in [0.5, 0.6) is 0 Å². The Morgan fingerprint density at radius 3 is 2.47 bits per heavy atom. The fraction of sp³-hybridized carbons (Fsp3) is 0.667. The molecule has 0 saturated heterocycles. The number of hydrogen-bond donors (Lipinski definition) is 1. The van der Waals surface area contributed by atoms with Gasteiger partial charge in [-0.1, -0.05) is 27.7 Å². The van der Waals surface area contributed by atoms with Crippen LogP contribution in [0.2, 0.25) is 0 Å². The topological polar surface area (TPSA) is 51.5 Å². The lowest BCUT2D eigenvalue weighted by molar-refractivity contribution is 0.0563. The SMILES string of the molecule is COC(=O)c1ccc(CNCC2C(C)(C)C2(C)C)o1. The summed E-state index contributed by atoms with van der Waals surface area (Å²) in [5, 5.41) is 3.40. The maximum absolute atomic E-state index is 11.3. The van der Waals surface area contributed by atoms with Gasteiger partial charge in [0.1, 0.15) is 5.76 Å². The largest absolute Gasteiger partial charge is 0.463 e. The lowest BCUT2D eigenvalue weighted by Crippen LogP contribution is -2.18. The Morgan fingerprint density at radius 1 is 1.32 bits per heavy atom. The van der Waals surface area contributed by atoms with Gasteiger partial charge in [-0.15, -0.1) is 0 Å². The molecule has 1 saturated carbocycles. The first-order valence-corrected chi connectivity index (χ1v) is 6.68. The number of hydrogen-bond acceptors (Lipinski definition) is 4. The third-order valence-electron chi connectivity index (χ3n) is 5.02. The minimum atomic E-state index is -0.435. The highest BCUT2D eigenvalue weighted by Gasteiger charge is 2.63. The summed E-state index contributed by atoms with van der Waals surface area (Å²) in [6.45, 7) is 10.8. The molecule has 1 N–H and O–H groups in total. The van der Waals surface area contributed by atoms with Crippen molar-refractivity contribution in [1.82, 2.24) is 5.32 Å². The number of ether oxygens (including phenoxy) is 1. The van der Waals surface area contributed by atoms with Crippen molar-refractivity contribution in [1.29, 1.82) is 0 Å². The summed E-state index contributed by atoms with van der Waals surface area (Å²) in [6, 6.07) is 3.45. The summed E-state index contributed by atoms with van der Waals surface area (Å²) in [5.74, 6) is 1.26. The Hall–Kier alpha value is -1.29. The smallest absolute Gasteiger partial charge is 0.373 e. The fourth-order valence-corrected chi connectivity index (χ4v) is 2.87. The average Bonchev–Trinajstić information content (AvgIpc) is 2.76. The van der Waals surface area contributed by atoms with Crippen LogP contribution in [-0.4, -0.2) is 19.6 Å². The van der Waals surface area contributed by atoms with E-state index in [0.717, 1.165) is 12.3 Å². The molecule has 2 rings (SSSR count). The molecule has 1 heterocycles. The molecule has 1 aliphatic rings. The number of esters is 1. The second-order valence-electron chi connectivity index (χ2n) is 6.38. The summed E-state index contributed by atoms with van der Waals surface area (Å²) in [4.78, 5) is 11.3. The van der Waals surface area contributed by atoms with Crippen molar-refractivity contribution >= 4 is 5.97 Å². The predicted molar refractivity (Wildman–Crippen MR) is 72.8 cm³/mol. The van der Waals surface area contributed by atoms with E-state index in [2.05, 4.69) is 37.7 Å². The summed E-state index contributed by atoms with van der Waals surface area (Å²) in [6.07, 6.45) is 0. The molecule has 0 aromatic carbocycles. The van der Waals surface area contributed by atoms with E-state index in [0.29, 0.717) is 23.3 Å². The van der Waals surface area contributed by atoms with Crippen LogP contribution in [0.1, 0.15) is 44.0 Å². The molecule has 0 bridgehead atoms. The first kappa shape index (κ1) is 14.1. The third-order valence-corrected chi connectivity index (χ3v) is 5.02. The second-order valence-corrected chi connectivity index (χ2v) is 6.38. The molecule has 4 heteroatoms. The lowest BCUT2D eigenvalue weighted by atomic mass is 10.0. The maximum atomic E-state index is 11.3.